The molecule has 1 aliphatic heterocycles. The maximum Gasteiger partial charge on any atom is 0.501 e. The summed E-state index contributed by atoms with van der Waals surface area (Å²) in [6.07, 6.45) is 0.704. The van der Waals surface area contributed by atoms with E-state index in [0.717, 1.165) is 39.4 Å². The summed E-state index contributed by atoms with van der Waals surface area (Å²) in [7, 11) is -9.38. The third-order valence-electron chi connectivity index (χ3n) is 11.9. The molecular weight excluding hydrogens is 1010 g/mol. The Kier molecular flexibility index (Phi) is 19.0. The van der Waals surface area contributed by atoms with E-state index in [9.17, 15) is 49.5 Å². The highest BCUT2D eigenvalue weighted by Gasteiger charge is 2.48. The number of anilines is 2. The Balaban J connectivity index is 1.11. The van der Waals surface area contributed by atoms with Gasteiger partial charge in [0.2, 0.25) is 0 Å². The maximum atomic E-state index is 14.2. The maximum absolute atomic E-state index is 14.2. The summed E-state index contributed by atoms with van der Waals surface area (Å²) in [5.74, 6) is -2.50. The largest absolute Gasteiger partial charge is 0.501 e. The number of rotatable bonds is 23. The molecule has 0 spiro atoms. The summed E-state index contributed by atoms with van der Waals surface area (Å²) < 4.78 is 103. The second-order valence-corrected chi connectivity index (χ2v) is 22.1. The molecule has 380 valence electrons. The number of alkyl halides is 3. The molecule has 14 nitrogen and oxygen atoms in total. The number of amides is 1. The first kappa shape index (κ1) is 54.7. The lowest BCUT2D eigenvalue weighted by Crippen LogP contribution is -2.36. The van der Waals surface area contributed by atoms with E-state index in [4.69, 9.17) is 21.4 Å². The van der Waals surface area contributed by atoms with E-state index in [2.05, 4.69) is 10.2 Å². The number of aliphatic carboxylic acids is 1. The number of sulfone groups is 1. The van der Waals surface area contributed by atoms with Crippen LogP contribution in [0.15, 0.2) is 136 Å². The van der Waals surface area contributed by atoms with Gasteiger partial charge in [0.1, 0.15) is 11.5 Å². The Morgan fingerprint density at radius 3 is 2.20 bits per heavy atom. The number of likely N-dealkylation sites (N-methyl/N-ethyl adjacent to an activating group) is 1. The smallest absolute Gasteiger partial charge is 0.481 e. The highest BCUT2D eigenvalue weighted by molar-refractivity contribution is 7.99. The summed E-state index contributed by atoms with van der Waals surface area (Å²) >= 11 is 7.45. The predicted octanol–water partition coefficient (Wildman–Crippen LogP) is 9.06. The molecule has 0 bridgehead atoms. The van der Waals surface area contributed by atoms with Crippen molar-refractivity contribution in [1.29, 1.82) is 0 Å². The van der Waals surface area contributed by atoms with Gasteiger partial charge >= 0.3 is 17.4 Å². The third kappa shape index (κ3) is 15.2. The number of aliphatic hydroxyl groups is 1. The number of esters is 1. The molecule has 0 saturated carbocycles. The number of carbonyl (C=O) groups is 3. The molecular formula is C50H54ClF3N4O10S3. The second-order valence-electron chi connectivity index (χ2n) is 17.0. The van der Waals surface area contributed by atoms with E-state index in [1.165, 1.54) is 23.9 Å². The van der Waals surface area contributed by atoms with E-state index in [1.54, 1.807) is 54.4 Å². The van der Waals surface area contributed by atoms with Crippen LogP contribution >= 0.6 is 23.4 Å². The summed E-state index contributed by atoms with van der Waals surface area (Å²) in [4.78, 5) is 38.5. The number of carboxylic acid groups (broad SMARTS) is 1. The zero-order valence-corrected chi connectivity index (χ0v) is 41.8. The lowest BCUT2D eigenvalue weighted by Gasteiger charge is -2.36. The van der Waals surface area contributed by atoms with Crippen molar-refractivity contribution in [3.63, 3.8) is 0 Å². The Bertz CT molecular complexity index is 2840. The first-order valence-electron chi connectivity index (χ1n) is 22.6. The third-order valence-corrected chi connectivity index (χ3v) is 16.2. The number of carboxylic acids is 1. The molecule has 0 radical (unpaired) electrons. The molecule has 21 heteroatoms. The monoisotopic (exact) mass is 1060 g/mol. The number of hydrogen-bond donors (Lipinski definition) is 4. The molecule has 1 aliphatic rings. The van der Waals surface area contributed by atoms with Gasteiger partial charge in [-0.1, -0.05) is 66.2 Å². The zero-order chi connectivity index (χ0) is 51.3. The minimum absolute atomic E-state index is 0.0131. The van der Waals surface area contributed by atoms with Gasteiger partial charge in [0.25, 0.3) is 25.8 Å². The van der Waals surface area contributed by atoms with Crippen LogP contribution in [-0.2, 0) is 34.2 Å². The molecule has 1 amide bonds. The fraction of sp³-hybridized carbons (Fsp3) is 0.340. The topological polar surface area (TPSA) is 200 Å². The van der Waals surface area contributed by atoms with Crippen LogP contribution in [0.25, 0.3) is 11.1 Å². The van der Waals surface area contributed by atoms with Gasteiger partial charge in [0.15, 0.2) is 0 Å². The number of nitrogens with zero attached hydrogens (tertiary/aromatic N) is 2. The molecule has 5 aromatic rings. The molecule has 1 unspecified atom stereocenters. The van der Waals surface area contributed by atoms with Gasteiger partial charge in [0, 0.05) is 65.4 Å². The van der Waals surface area contributed by atoms with E-state index in [0.29, 0.717) is 43.6 Å². The molecule has 1 saturated heterocycles. The van der Waals surface area contributed by atoms with Crippen molar-refractivity contribution in [2.45, 2.75) is 70.9 Å². The number of thioether (sulfide) groups is 1. The average molecular weight is 1060 g/mol. The number of aliphatic hydroxyl groups excluding tert-OH is 1. The van der Waals surface area contributed by atoms with Crippen molar-refractivity contribution in [3.05, 3.63) is 137 Å². The molecule has 71 heavy (non-hydrogen) atoms. The summed E-state index contributed by atoms with van der Waals surface area (Å²) in [5.41, 5.74) is -3.02. The van der Waals surface area contributed by atoms with E-state index in [-0.39, 0.29) is 56.1 Å². The van der Waals surface area contributed by atoms with Crippen LogP contribution < -0.4 is 14.9 Å². The van der Waals surface area contributed by atoms with Gasteiger partial charge < -0.3 is 30.1 Å². The average Bonchev–Trinajstić information content (AvgIpc) is 3.34. The van der Waals surface area contributed by atoms with Crippen LogP contribution in [0.2, 0.25) is 5.02 Å². The lowest BCUT2D eigenvalue weighted by molar-refractivity contribution is -0.144. The molecule has 1 fully saturated rings. The first-order chi connectivity index (χ1) is 33.7. The Morgan fingerprint density at radius 1 is 0.873 bits per heavy atom. The lowest BCUT2D eigenvalue weighted by atomic mass is 9.84. The van der Waals surface area contributed by atoms with Gasteiger partial charge in [-0.2, -0.15) is 13.2 Å². The van der Waals surface area contributed by atoms with Crippen LogP contribution in [-0.4, -0.2) is 107 Å². The number of sulfonamides is 1. The predicted molar refractivity (Wildman–Crippen MR) is 267 cm³/mol. The molecule has 1 heterocycles. The SMILES string of the molecule is CN(CCOC(=O)CCCC(=O)O)CCC(CSc1ccccc1)Nc1ccc(S(=O)(=O)NC(=O)c2ccc(N3CCC([C@@H](O)c4ccccc4-c4ccc(Cl)cc4)CC3)cc2)cc1S(=O)(=O)C(F)(F)F. The highest BCUT2D eigenvalue weighted by atomic mass is 35.5. The number of piperidine rings is 1. The quantitative estimate of drug-likeness (QED) is 0.0357. The Labute approximate surface area is 420 Å². The Morgan fingerprint density at radius 2 is 1.54 bits per heavy atom. The Hall–Kier alpha value is -5.64. The number of benzene rings is 5. The van der Waals surface area contributed by atoms with Crippen molar-refractivity contribution in [3.8, 4) is 11.1 Å². The van der Waals surface area contributed by atoms with Crippen LogP contribution in [0.5, 0.6) is 0 Å². The fourth-order valence-corrected chi connectivity index (χ4v) is 11.1. The minimum atomic E-state index is -6.16. The molecule has 6 rings (SSSR count). The van der Waals surface area contributed by atoms with Gasteiger partial charge in [-0.3, -0.25) is 14.4 Å². The molecule has 0 aromatic heterocycles. The van der Waals surface area contributed by atoms with Gasteiger partial charge in [-0.05, 0) is 129 Å². The van der Waals surface area contributed by atoms with Crippen LogP contribution in [0.3, 0.4) is 0 Å². The standard InChI is InChI=1S/C50H54ClF3N4O10S3/c1-57(30-31-68-47(61)13-7-12-46(59)60)27-26-38(33-69-40-8-3-2-4-9-40)55-44-23-22-41(32-45(44)70(64,65)50(52,53)54)71(66,67)56-49(63)36-16-20-39(21-17-36)58-28-24-35(25-29-58)48(62)43-11-6-5-10-42(43)34-14-18-37(51)19-15-34/h2-6,8-11,14-23,32,35,38,48,55,62H,7,12-13,24-31,33H2,1H3,(H,56,63)(H,59,60)/t38?,48-/m1/s1. The second kappa shape index (κ2) is 24.7. The minimum Gasteiger partial charge on any atom is -0.481 e. The van der Waals surface area contributed by atoms with Crippen LogP contribution in [0.1, 0.15) is 60.6 Å². The van der Waals surface area contributed by atoms with Crippen molar-refractivity contribution in [2.75, 3.05) is 55.8 Å². The van der Waals surface area contributed by atoms with Gasteiger partial charge in [-0.25, -0.2) is 21.6 Å². The summed E-state index contributed by atoms with van der Waals surface area (Å²) in [6.45, 7) is 1.71. The van der Waals surface area contributed by atoms with Gasteiger partial charge in [-0.15, -0.1) is 11.8 Å². The van der Waals surface area contributed by atoms with Crippen molar-refractivity contribution >= 4 is 72.4 Å². The van der Waals surface area contributed by atoms with Crippen molar-refractivity contribution in [1.82, 2.24) is 9.62 Å². The first-order valence-corrected chi connectivity index (χ1v) is 27.0. The van der Waals surface area contributed by atoms with Crippen LogP contribution in [0, 0.1) is 5.92 Å². The number of carbonyl (C=O) groups excluding carboxylic acids is 2. The molecule has 4 N–H and O–H groups in total. The van der Waals surface area contributed by atoms with Crippen LogP contribution in [0.4, 0.5) is 24.5 Å². The number of ether oxygens (including phenoxy) is 1. The van der Waals surface area contributed by atoms with Crippen molar-refractivity contribution < 1.29 is 59.3 Å². The zero-order valence-electron chi connectivity index (χ0n) is 38.6. The molecule has 2 atom stereocenters. The number of nitrogens with one attached hydrogen (secondary N) is 2. The fourth-order valence-electron chi connectivity index (χ4n) is 7.96. The summed E-state index contributed by atoms with van der Waals surface area (Å²) in [5, 5.41) is 23.8. The number of hydrogen-bond acceptors (Lipinski definition) is 13. The van der Waals surface area contributed by atoms with E-state index < -0.39 is 70.8 Å². The van der Waals surface area contributed by atoms with E-state index >= 15 is 0 Å². The highest BCUT2D eigenvalue weighted by Crippen LogP contribution is 2.39. The number of halogens is 4. The van der Waals surface area contributed by atoms with Crippen molar-refractivity contribution in [2.24, 2.45) is 5.92 Å². The van der Waals surface area contributed by atoms with E-state index in [1.807, 2.05) is 53.3 Å². The molecule has 0 aliphatic carbocycles. The molecule has 5 aromatic carbocycles. The normalized spacial score (nSPS) is 14.4. The summed E-state index contributed by atoms with van der Waals surface area (Å²) in [6, 6.07) is 31.7. The van der Waals surface area contributed by atoms with Gasteiger partial charge in [0.05, 0.1) is 16.7 Å².